The van der Waals surface area contributed by atoms with Gasteiger partial charge in [-0.3, -0.25) is 0 Å². The van der Waals surface area contributed by atoms with Gasteiger partial charge in [0.25, 0.3) is 0 Å². The molecule has 1 aliphatic heterocycles. The molecule has 0 saturated carbocycles. The van der Waals surface area contributed by atoms with Crippen LogP contribution in [0.1, 0.15) is 65.6 Å². The highest BCUT2D eigenvalue weighted by atomic mass is 35.5. The molecule has 1 unspecified atom stereocenters. The topological polar surface area (TPSA) is 77.8 Å². The Morgan fingerprint density at radius 1 is 1.24 bits per heavy atom. The highest BCUT2D eigenvalue weighted by molar-refractivity contribution is 7.91. The van der Waals surface area contributed by atoms with Gasteiger partial charge in [-0.05, 0) is 66.5 Å². The van der Waals surface area contributed by atoms with Crippen molar-refractivity contribution in [3.63, 3.8) is 0 Å². The van der Waals surface area contributed by atoms with Gasteiger partial charge in [0.2, 0.25) is 0 Å². The predicted octanol–water partition coefficient (Wildman–Crippen LogP) is 4.56. The van der Waals surface area contributed by atoms with Crippen LogP contribution in [0.2, 0.25) is 5.15 Å². The molecule has 1 atom stereocenters. The lowest BCUT2D eigenvalue weighted by Crippen LogP contribution is -2.47. The molecule has 29 heavy (non-hydrogen) atoms. The van der Waals surface area contributed by atoms with Crippen LogP contribution >= 0.6 is 11.6 Å². The number of fused-ring (bicyclic) bond motifs is 1. The molecule has 6 nitrogen and oxygen atoms in total. The van der Waals surface area contributed by atoms with Gasteiger partial charge in [0.1, 0.15) is 32.6 Å². The summed E-state index contributed by atoms with van der Waals surface area (Å²) < 4.78 is 22.6. The average molecular weight is 440 g/mol. The van der Waals surface area contributed by atoms with E-state index in [1.54, 1.807) is 11.0 Å². The number of likely N-dealkylation sites (tertiary alicyclic amines) is 1. The second-order valence-electron chi connectivity index (χ2n) is 9.85. The van der Waals surface area contributed by atoms with Crippen molar-refractivity contribution in [2.75, 3.05) is 13.1 Å². The van der Waals surface area contributed by atoms with Crippen LogP contribution in [0.5, 0.6) is 0 Å². The van der Waals surface area contributed by atoms with E-state index in [4.69, 9.17) is 20.7 Å². The van der Waals surface area contributed by atoms with Gasteiger partial charge in [-0.1, -0.05) is 16.0 Å². The highest BCUT2D eigenvalue weighted by Crippen LogP contribution is 2.45. The lowest BCUT2D eigenvalue weighted by atomic mass is 9.75. The first-order valence-corrected chi connectivity index (χ1v) is 11.4. The summed E-state index contributed by atoms with van der Waals surface area (Å²) in [7, 11) is 0. The Hall–Kier alpha value is -1.31. The largest absolute Gasteiger partial charge is 0.591 e. The van der Waals surface area contributed by atoms with Crippen LogP contribution in [0.25, 0.3) is 0 Å². The van der Waals surface area contributed by atoms with Crippen molar-refractivity contribution >= 4 is 34.8 Å². The zero-order chi connectivity index (χ0) is 21.6. The first-order chi connectivity index (χ1) is 13.3. The van der Waals surface area contributed by atoms with E-state index in [1.807, 2.05) is 47.6 Å². The van der Waals surface area contributed by atoms with E-state index in [0.717, 1.165) is 29.8 Å². The molecule has 8 heteroatoms. The Morgan fingerprint density at radius 3 is 2.41 bits per heavy atom. The van der Waals surface area contributed by atoms with E-state index >= 15 is 0 Å². The summed E-state index contributed by atoms with van der Waals surface area (Å²) in [5.74, 6) is 0. The molecular formula is C21H30ClN3O3S. The minimum absolute atomic E-state index is 0.278. The second kappa shape index (κ2) is 7.75. The Bertz CT molecular complexity index is 821. The van der Waals surface area contributed by atoms with E-state index in [2.05, 4.69) is 4.98 Å². The number of ether oxygens (including phenoxy) is 1. The van der Waals surface area contributed by atoms with E-state index in [0.29, 0.717) is 24.7 Å². The Balaban J connectivity index is 1.88. The Morgan fingerprint density at radius 2 is 1.86 bits per heavy atom. The quantitative estimate of drug-likeness (QED) is 0.474. The van der Waals surface area contributed by atoms with Gasteiger partial charge < -0.3 is 14.2 Å². The minimum Gasteiger partial charge on any atom is -0.591 e. The van der Waals surface area contributed by atoms with Crippen molar-refractivity contribution in [2.24, 2.45) is 9.81 Å². The number of carbonyl (C=O) groups excluding carboxylic acids is 1. The first kappa shape index (κ1) is 22.4. The number of hydrogen-bond acceptors (Lipinski definition) is 5. The average Bonchev–Trinajstić information content (AvgIpc) is 2.85. The number of carbonyl (C=O) groups is 1. The monoisotopic (exact) mass is 439 g/mol. The number of amides is 1. The smallest absolute Gasteiger partial charge is 0.410 e. The standard InChI is InChI=1S/C21H30ClN3O3S/c1-19(2,3)28-18(26)25-11-9-21(10-12-25)13-15-14(7-8-16(22)23-15)17(21)24-29(27)20(4,5)6/h7-8H,9-13H2,1-6H3. The summed E-state index contributed by atoms with van der Waals surface area (Å²) in [4.78, 5) is 18.7. The number of piperidine rings is 1. The Kier molecular flexibility index (Phi) is 5.98. The zero-order valence-electron chi connectivity index (χ0n) is 18.0. The van der Waals surface area contributed by atoms with E-state index < -0.39 is 21.7 Å². The highest BCUT2D eigenvalue weighted by Gasteiger charge is 2.49. The first-order valence-electron chi connectivity index (χ1n) is 9.96. The predicted molar refractivity (Wildman–Crippen MR) is 117 cm³/mol. The van der Waals surface area contributed by atoms with Gasteiger partial charge in [0, 0.05) is 30.5 Å². The minimum atomic E-state index is -1.38. The SMILES string of the molecule is CC(C)(C)OC(=O)N1CCC2(CC1)Cc1nc(Cl)ccc1C2=N[S+]([O-])C(C)(C)C. The molecule has 1 spiro atoms. The lowest BCUT2D eigenvalue weighted by molar-refractivity contribution is 0.0159. The van der Waals surface area contributed by atoms with Crippen molar-refractivity contribution in [1.29, 1.82) is 0 Å². The molecule has 1 aromatic rings. The molecule has 0 aromatic carbocycles. The maximum absolute atomic E-state index is 12.8. The molecule has 1 saturated heterocycles. The summed E-state index contributed by atoms with van der Waals surface area (Å²) in [6.07, 6.45) is 1.85. The fraction of sp³-hybridized carbons (Fsp3) is 0.667. The molecule has 0 N–H and O–H groups in total. The van der Waals surface area contributed by atoms with E-state index in [9.17, 15) is 9.35 Å². The van der Waals surface area contributed by atoms with Gasteiger partial charge in [0.15, 0.2) is 0 Å². The van der Waals surface area contributed by atoms with Crippen molar-refractivity contribution in [2.45, 2.75) is 71.2 Å². The van der Waals surface area contributed by atoms with Crippen molar-refractivity contribution < 1.29 is 14.1 Å². The molecule has 0 radical (unpaired) electrons. The van der Waals surface area contributed by atoms with E-state index in [1.165, 1.54) is 0 Å². The summed E-state index contributed by atoms with van der Waals surface area (Å²) in [6.45, 7) is 12.5. The van der Waals surface area contributed by atoms with Crippen LogP contribution < -0.4 is 0 Å². The Labute approximate surface area is 181 Å². The number of pyridine rings is 1. The van der Waals surface area contributed by atoms with Gasteiger partial charge in [0.05, 0.1) is 5.69 Å². The molecule has 0 bridgehead atoms. The third-order valence-corrected chi connectivity index (χ3v) is 6.88. The normalized spacial score (nSPS) is 21.4. The fourth-order valence-corrected chi connectivity index (χ4v) is 4.63. The summed E-state index contributed by atoms with van der Waals surface area (Å²) >= 11 is 4.75. The van der Waals surface area contributed by atoms with Gasteiger partial charge in [-0.25, -0.2) is 9.78 Å². The maximum atomic E-state index is 12.8. The molecule has 1 aliphatic carbocycles. The summed E-state index contributed by atoms with van der Waals surface area (Å²) in [6, 6.07) is 3.68. The van der Waals surface area contributed by atoms with Crippen LogP contribution in [-0.2, 0) is 22.5 Å². The summed E-state index contributed by atoms with van der Waals surface area (Å²) in [5.41, 5.74) is 1.87. The third-order valence-electron chi connectivity index (χ3n) is 5.27. The van der Waals surface area contributed by atoms with Crippen molar-refractivity contribution in [3.8, 4) is 0 Å². The molecular weight excluding hydrogens is 410 g/mol. The second-order valence-corrected chi connectivity index (χ2v) is 12.1. The van der Waals surface area contributed by atoms with Crippen LogP contribution in [0.15, 0.2) is 16.5 Å². The number of hydrogen-bond donors (Lipinski definition) is 0. The van der Waals surface area contributed by atoms with Crippen LogP contribution in [0.3, 0.4) is 0 Å². The maximum Gasteiger partial charge on any atom is 0.410 e. The number of aromatic nitrogens is 1. The fourth-order valence-electron chi connectivity index (χ4n) is 3.74. The van der Waals surface area contributed by atoms with E-state index in [-0.39, 0.29) is 11.5 Å². The van der Waals surface area contributed by atoms with Gasteiger partial charge in [-0.15, -0.1) is 0 Å². The molecule has 2 heterocycles. The molecule has 1 amide bonds. The lowest BCUT2D eigenvalue weighted by Gasteiger charge is -2.39. The third kappa shape index (κ3) is 4.89. The molecule has 1 fully saturated rings. The summed E-state index contributed by atoms with van der Waals surface area (Å²) in [5, 5.41) is 0.447. The molecule has 3 rings (SSSR count). The molecule has 2 aliphatic rings. The van der Waals surface area contributed by atoms with Crippen molar-refractivity contribution in [3.05, 3.63) is 28.5 Å². The number of halogens is 1. The van der Waals surface area contributed by atoms with Gasteiger partial charge in [-0.2, -0.15) is 0 Å². The van der Waals surface area contributed by atoms with Crippen LogP contribution in [0.4, 0.5) is 4.79 Å². The van der Waals surface area contributed by atoms with Crippen molar-refractivity contribution in [1.82, 2.24) is 9.88 Å². The number of nitrogens with zero attached hydrogens (tertiary/aromatic N) is 3. The molecule has 160 valence electrons. The zero-order valence-corrected chi connectivity index (χ0v) is 19.6. The van der Waals surface area contributed by atoms with Crippen LogP contribution in [0, 0.1) is 5.41 Å². The number of rotatable bonds is 1. The van der Waals surface area contributed by atoms with Gasteiger partial charge >= 0.3 is 6.09 Å². The molecule has 1 aromatic heterocycles. The van der Waals surface area contributed by atoms with Crippen LogP contribution in [-0.4, -0.2) is 49.7 Å².